The van der Waals surface area contributed by atoms with Crippen molar-refractivity contribution in [1.82, 2.24) is 0 Å². The van der Waals surface area contributed by atoms with Gasteiger partial charge in [0.05, 0.1) is 0 Å². The van der Waals surface area contributed by atoms with E-state index in [9.17, 15) is 0 Å². The molecule has 0 heterocycles. The topological polar surface area (TPSA) is 0 Å². The minimum atomic E-state index is 0.337. The van der Waals surface area contributed by atoms with E-state index in [0.717, 1.165) is 25.7 Å². The molecule has 0 heteroatoms. The minimum Gasteiger partial charge on any atom is -0.0795 e. The van der Waals surface area contributed by atoms with Crippen LogP contribution in [0.2, 0.25) is 0 Å². The Morgan fingerprint density at radius 1 is 0.309 bits per heavy atom. The number of benzene rings is 2. The van der Waals surface area contributed by atoms with Gasteiger partial charge in [0.15, 0.2) is 0 Å². The van der Waals surface area contributed by atoms with Crippen LogP contribution in [0.1, 0.15) is 75.8 Å². The normalized spacial score (nSPS) is 26.0. The van der Waals surface area contributed by atoms with E-state index in [1.807, 2.05) is 0 Å². The smallest absolute Gasteiger partial charge is 0.0354 e. The van der Waals surface area contributed by atoms with Gasteiger partial charge in [0, 0.05) is 23.7 Å². The Hall–Kier alpha value is -8.84. The first kappa shape index (κ1) is 47.0. The Kier molecular flexibility index (Phi) is 10.2. The number of rotatable bonds is 4. The van der Waals surface area contributed by atoms with Crippen LogP contribution in [0.25, 0.3) is 22.3 Å². The molecule has 0 aromatic heterocycles. The molecule has 0 N–H and O–H groups in total. The molecule has 81 heavy (non-hydrogen) atoms. The van der Waals surface area contributed by atoms with Crippen LogP contribution in [0.15, 0.2) is 324 Å². The molecule has 0 bridgehead atoms. The lowest BCUT2D eigenvalue weighted by Gasteiger charge is -2.38. The maximum Gasteiger partial charge on any atom is 0.0354 e. The summed E-state index contributed by atoms with van der Waals surface area (Å²) in [5.74, 6) is 1.44. The van der Waals surface area contributed by atoms with Crippen LogP contribution in [0.4, 0.5) is 0 Å². The molecule has 18 rings (SSSR count). The third-order valence-corrected chi connectivity index (χ3v) is 20.5. The van der Waals surface area contributed by atoms with E-state index in [0.29, 0.717) is 23.7 Å². The third-order valence-electron chi connectivity index (χ3n) is 20.5. The molecule has 2 aromatic rings. The lowest BCUT2D eigenvalue weighted by molar-refractivity contribution is 0.833. The summed E-state index contributed by atoms with van der Waals surface area (Å²) in [6.07, 6.45) is 79.0. The second-order valence-electron chi connectivity index (χ2n) is 24.5. The van der Waals surface area contributed by atoms with Crippen LogP contribution in [-0.2, 0) is 0 Å². The van der Waals surface area contributed by atoms with Gasteiger partial charge in [-0.3, -0.25) is 0 Å². The molecule has 4 unspecified atom stereocenters. The number of hydrogen-bond acceptors (Lipinski definition) is 0. The van der Waals surface area contributed by atoms with Gasteiger partial charge in [0.1, 0.15) is 0 Å². The Bertz CT molecular complexity index is 4480. The Morgan fingerprint density at radius 3 is 1.35 bits per heavy atom. The highest BCUT2D eigenvalue weighted by atomic mass is 14.4. The van der Waals surface area contributed by atoms with Crippen LogP contribution in [0, 0.1) is 58.3 Å². The first-order valence-corrected chi connectivity index (χ1v) is 29.7. The largest absolute Gasteiger partial charge is 0.0795 e. The molecule has 0 amide bonds. The Labute approximate surface area is 477 Å². The summed E-state index contributed by atoms with van der Waals surface area (Å²) in [5, 5.41) is 0. The highest BCUT2D eigenvalue weighted by Gasteiger charge is 2.40. The van der Waals surface area contributed by atoms with Crippen molar-refractivity contribution in [3.63, 3.8) is 0 Å². The minimum absolute atomic E-state index is 0.337. The molecular weight excluding hydrogens is 973 g/mol. The van der Waals surface area contributed by atoms with E-state index in [1.165, 1.54) is 184 Å². The molecule has 0 nitrogen and oxygen atoms in total. The van der Waals surface area contributed by atoms with Crippen molar-refractivity contribution in [2.45, 2.75) is 60.3 Å². The van der Waals surface area contributed by atoms with Gasteiger partial charge >= 0.3 is 0 Å². The van der Waals surface area contributed by atoms with Gasteiger partial charge in [-0.1, -0.05) is 207 Å². The van der Waals surface area contributed by atoms with Crippen molar-refractivity contribution < 1.29 is 0 Å². The zero-order valence-corrected chi connectivity index (χ0v) is 46.8. The van der Waals surface area contributed by atoms with Crippen LogP contribution in [0.3, 0.4) is 0 Å². The van der Waals surface area contributed by atoms with E-state index in [4.69, 9.17) is 0 Å². The molecule has 4 atom stereocenters. The highest BCUT2D eigenvalue weighted by molar-refractivity contribution is 5.97. The van der Waals surface area contributed by atoms with E-state index in [-0.39, 0.29) is 0 Å². The highest BCUT2D eigenvalue weighted by Crippen LogP contribution is 2.56. The maximum atomic E-state index is 2.51. The lowest BCUT2D eigenvalue weighted by atomic mass is 9.65. The molecule has 0 saturated heterocycles. The fourth-order valence-corrected chi connectivity index (χ4v) is 16.6. The summed E-state index contributed by atoms with van der Waals surface area (Å²) in [7, 11) is 0. The second kappa shape index (κ2) is 17.6. The summed E-state index contributed by atoms with van der Waals surface area (Å²) in [4.78, 5) is 0. The second-order valence-corrected chi connectivity index (χ2v) is 24.5. The molecule has 16 aliphatic rings. The predicted octanol–water partition coefficient (Wildman–Crippen LogP) is 19.4. The van der Waals surface area contributed by atoms with Gasteiger partial charge in [-0.2, -0.15) is 0 Å². The first-order valence-electron chi connectivity index (χ1n) is 29.7. The third kappa shape index (κ3) is 6.83. The lowest BCUT2D eigenvalue weighted by Crippen LogP contribution is -2.23. The summed E-state index contributed by atoms with van der Waals surface area (Å²) >= 11 is 0. The molecule has 386 valence electrons. The quantitative estimate of drug-likeness (QED) is 0.286. The zero-order valence-electron chi connectivity index (χ0n) is 46.8. The van der Waals surface area contributed by atoms with E-state index >= 15 is 0 Å². The van der Waals surface area contributed by atoms with Crippen molar-refractivity contribution in [1.29, 1.82) is 0 Å². The van der Waals surface area contributed by atoms with Gasteiger partial charge in [-0.15, -0.1) is 0 Å². The van der Waals surface area contributed by atoms with Gasteiger partial charge in [-0.25, -0.2) is 0 Å². The Morgan fingerprint density at radius 2 is 0.765 bits per heavy atom. The van der Waals surface area contributed by atoms with Crippen LogP contribution < -0.4 is 0 Å². The first-order chi connectivity index (χ1) is 39.7. The van der Waals surface area contributed by atoms with Crippen molar-refractivity contribution >= 4 is 22.3 Å². The van der Waals surface area contributed by atoms with E-state index in [2.05, 4.69) is 247 Å². The zero-order chi connectivity index (χ0) is 53.9. The van der Waals surface area contributed by atoms with Crippen LogP contribution in [0.5, 0.6) is 0 Å². The fourth-order valence-electron chi connectivity index (χ4n) is 16.6. The van der Waals surface area contributed by atoms with Crippen LogP contribution in [-0.4, -0.2) is 0 Å². The molecule has 0 saturated carbocycles. The molecule has 16 aliphatic carbocycles. The summed E-state index contributed by atoms with van der Waals surface area (Å²) in [6, 6.07) is 7.20. The summed E-state index contributed by atoms with van der Waals surface area (Å²) in [6.45, 7) is 11.7. The van der Waals surface area contributed by atoms with Crippen molar-refractivity contribution in [2.75, 3.05) is 0 Å². The Balaban J connectivity index is 0.000000129. The molecule has 2 aromatic carbocycles. The molecule has 0 radical (unpaired) electrons. The van der Waals surface area contributed by atoms with Crippen LogP contribution >= 0.6 is 0 Å². The number of hydrogen-bond donors (Lipinski definition) is 0. The average molecular weight is 1040 g/mol. The van der Waals surface area contributed by atoms with E-state index in [1.54, 1.807) is 0 Å². The van der Waals surface area contributed by atoms with Crippen molar-refractivity contribution in [2.24, 2.45) is 23.7 Å². The average Bonchev–Trinajstić information content (AvgIpc) is 3.69. The fraction of sp³-hybridized carbons (Fsp3) is 0.160. The van der Waals surface area contributed by atoms with Gasteiger partial charge < -0.3 is 0 Å². The molecule has 0 spiro atoms. The van der Waals surface area contributed by atoms with Gasteiger partial charge in [0.25, 0.3) is 0 Å². The van der Waals surface area contributed by atoms with E-state index < -0.39 is 0 Å². The van der Waals surface area contributed by atoms with Gasteiger partial charge in [0.2, 0.25) is 0 Å². The monoisotopic (exact) mass is 1030 g/mol. The maximum absolute atomic E-state index is 2.51. The standard InChI is InChI=1S/C42H34.C39H28/c1-23-24(2)37(33-19-17-31-13-11-27-7-5-9-29-15-21-35(33)41(31)39(27)29)26(4)38(25(23)3)34-20-18-32-14-12-28-8-6-10-30-16-22-36(34)42(32)40(28)30;1-23-20-30(32-16-12-28-10-8-24-4-2-6-26-14-18-34(32)38(28)36(24)26)22-31(21-23)33-17-13-29-11-9-25-5-3-7-27-15-19-35(33)39(29)37(25)27/h5-7,9-16,18-22,39,42H,8,17H2,1-4H3;2-4,6-11,13-22,36,39H,5,12H2,1H3. The molecule has 0 aliphatic heterocycles. The SMILES string of the molecule is Cc1c(C)c(C2=CCC3=CC=C4C=CC=C5C=CC2=C3C54)c(C)c(C2=C3C=CC4=C5C(=CC=C(C=C2)C35)CC=C4)c1C.Cc1cc(C2=CCC3=CC=C4C=CC=C5C=CC2=C3C54)cc(C2=C3C=CC4=C5C(=CC=C(C=C2)C35)CC=C4)c1. The molecular formula is C81H62. The predicted molar refractivity (Wildman–Crippen MR) is 339 cm³/mol. The summed E-state index contributed by atoms with van der Waals surface area (Å²) < 4.78 is 0. The van der Waals surface area contributed by atoms with Crippen molar-refractivity contribution in [3.8, 4) is 0 Å². The van der Waals surface area contributed by atoms with Crippen molar-refractivity contribution in [3.05, 3.63) is 374 Å². The summed E-state index contributed by atoms with van der Waals surface area (Å²) in [5.41, 5.74) is 47.0. The number of allylic oxidation sites excluding steroid dienone is 56. The number of aryl methyl sites for hydroxylation is 1. The van der Waals surface area contributed by atoms with Gasteiger partial charge in [-0.05, 0) is 250 Å². The molecule has 0 fully saturated rings.